The van der Waals surface area contributed by atoms with Crippen LogP contribution in [0.5, 0.6) is 0 Å². The lowest BCUT2D eigenvalue weighted by Crippen LogP contribution is -2.13. The highest BCUT2D eigenvalue weighted by Crippen LogP contribution is 2.40. The smallest absolute Gasteiger partial charge is 0.0596 e. The summed E-state index contributed by atoms with van der Waals surface area (Å²) in [6.07, 6.45) is 4.88. The Balaban J connectivity index is 1.85. The minimum Gasteiger partial charge on any atom is -0.270 e. The van der Waals surface area contributed by atoms with Crippen molar-refractivity contribution in [2.24, 2.45) is 5.92 Å². The van der Waals surface area contributed by atoms with Gasteiger partial charge in [0.2, 0.25) is 0 Å². The van der Waals surface area contributed by atoms with E-state index in [4.69, 9.17) is 0 Å². The third-order valence-electron chi connectivity index (χ3n) is 4.54. The molecule has 2 nitrogen and oxygen atoms in total. The van der Waals surface area contributed by atoms with E-state index in [1.807, 2.05) is 0 Å². The number of alkyl halides is 1. The van der Waals surface area contributed by atoms with Crippen LogP contribution in [0.25, 0.3) is 0 Å². The maximum Gasteiger partial charge on any atom is 0.0596 e. The van der Waals surface area contributed by atoms with Gasteiger partial charge in [-0.15, -0.1) is 0 Å². The van der Waals surface area contributed by atoms with E-state index in [0.29, 0.717) is 10.7 Å². The molecule has 0 spiro atoms. The van der Waals surface area contributed by atoms with E-state index in [1.54, 1.807) is 0 Å². The zero-order chi connectivity index (χ0) is 14.8. The van der Waals surface area contributed by atoms with Crippen LogP contribution in [0.1, 0.15) is 47.1 Å². The van der Waals surface area contributed by atoms with E-state index >= 15 is 0 Å². The fraction of sp³-hybridized carbons (Fsp3) is 0.500. The molecule has 21 heavy (non-hydrogen) atoms. The molecule has 0 N–H and O–H groups in total. The Labute approximate surface area is 135 Å². The van der Waals surface area contributed by atoms with E-state index in [-0.39, 0.29) is 0 Å². The zero-order valence-corrected chi connectivity index (χ0v) is 14.4. The Morgan fingerprint density at radius 2 is 2.14 bits per heavy atom. The standard InChI is InChI=1S/C18H23BrN2/c1-3-21-16(11-13(2)20-21)12-15-9-6-8-14-7-4-5-10-17(14)18(15)19/h4-5,7,10-11,15,18H,3,6,8-9,12H2,1-2H3. The summed E-state index contributed by atoms with van der Waals surface area (Å²) >= 11 is 3.98. The van der Waals surface area contributed by atoms with Gasteiger partial charge in [-0.2, -0.15) is 5.10 Å². The first-order chi connectivity index (χ1) is 10.2. The number of benzene rings is 1. The van der Waals surface area contributed by atoms with Gasteiger partial charge in [-0.25, -0.2) is 0 Å². The summed E-state index contributed by atoms with van der Waals surface area (Å²) in [4.78, 5) is 0.455. The van der Waals surface area contributed by atoms with E-state index in [1.165, 1.54) is 36.1 Å². The number of fused-ring (bicyclic) bond motifs is 1. The van der Waals surface area contributed by atoms with Gasteiger partial charge in [-0.1, -0.05) is 40.2 Å². The van der Waals surface area contributed by atoms with E-state index in [0.717, 1.165) is 18.7 Å². The lowest BCUT2D eigenvalue weighted by Gasteiger charge is -2.22. The summed E-state index contributed by atoms with van der Waals surface area (Å²) in [6, 6.07) is 11.1. The summed E-state index contributed by atoms with van der Waals surface area (Å²) < 4.78 is 2.16. The van der Waals surface area contributed by atoms with Crippen LogP contribution in [-0.4, -0.2) is 9.78 Å². The Morgan fingerprint density at radius 1 is 1.33 bits per heavy atom. The quantitative estimate of drug-likeness (QED) is 0.574. The second-order valence-corrected chi connectivity index (χ2v) is 7.04. The van der Waals surface area contributed by atoms with Crippen LogP contribution in [0.3, 0.4) is 0 Å². The van der Waals surface area contributed by atoms with Gasteiger partial charge in [0.1, 0.15) is 0 Å². The number of hydrogen-bond donors (Lipinski definition) is 0. The van der Waals surface area contributed by atoms with Gasteiger partial charge in [-0.05, 0) is 62.6 Å². The van der Waals surface area contributed by atoms with Gasteiger partial charge in [0.05, 0.1) is 5.69 Å². The molecule has 1 aliphatic rings. The van der Waals surface area contributed by atoms with Crippen molar-refractivity contribution in [2.45, 2.75) is 50.9 Å². The molecule has 1 aliphatic carbocycles. The van der Waals surface area contributed by atoms with Crippen molar-refractivity contribution in [3.8, 4) is 0 Å². The Kier molecular flexibility index (Phi) is 4.48. The average molecular weight is 347 g/mol. The second kappa shape index (κ2) is 6.35. The molecule has 3 heteroatoms. The number of rotatable bonds is 3. The molecule has 0 saturated carbocycles. The number of aryl methyl sites for hydroxylation is 3. The molecule has 0 radical (unpaired) electrons. The monoisotopic (exact) mass is 346 g/mol. The first-order valence-electron chi connectivity index (χ1n) is 7.94. The molecule has 0 fully saturated rings. The summed E-state index contributed by atoms with van der Waals surface area (Å²) in [5, 5.41) is 4.59. The predicted molar refractivity (Wildman–Crippen MR) is 90.9 cm³/mol. The van der Waals surface area contributed by atoms with Crippen molar-refractivity contribution >= 4 is 15.9 Å². The summed E-state index contributed by atoms with van der Waals surface area (Å²) in [7, 11) is 0. The fourth-order valence-electron chi connectivity index (χ4n) is 3.50. The molecule has 1 aromatic carbocycles. The van der Waals surface area contributed by atoms with Crippen LogP contribution >= 0.6 is 15.9 Å². The molecule has 0 saturated heterocycles. The zero-order valence-electron chi connectivity index (χ0n) is 12.8. The largest absolute Gasteiger partial charge is 0.270 e. The van der Waals surface area contributed by atoms with Crippen molar-refractivity contribution in [3.05, 3.63) is 52.8 Å². The van der Waals surface area contributed by atoms with Crippen LogP contribution in [0.15, 0.2) is 30.3 Å². The number of halogens is 1. The summed E-state index contributed by atoms with van der Waals surface area (Å²) in [6.45, 7) is 5.22. The van der Waals surface area contributed by atoms with Crippen LogP contribution < -0.4 is 0 Å². The van der Waals surface area contributed by atoms with Crippen molar-refractivity contribution < 1.29 is 0 Å². The van der Waals surface area contributed by atoms with E-state index in [2.05, 4.69) is 69.9 Å². The maximum absolute atomic E-state index is 4.59. The third kappa shape index (κ3) is 3.08. The minimum absolute atomic E-state index is 0.455. The van der Waals surface area contributed by atoms with Crippen LogP contribution in [0.4, 0.5) is 0 Å². The van der Waals surface area contributed by atoms with Gasteiger partial charge in [0, 0.05) is 17.1 Å². The lowest BCUT2D eigenvalue weighted by molar-refractivity contribution is 0.454. The second-order valence-electron chi connectivity index (χ2n) is 6.05. The summed E-state index contributed by atoms with van der Waals surface area (Å²) in [5.41, 5.74) is 5.51. The van der Waals surface area contributed by atoms with Crippen LogP contribution in [0, 0.1) is 12.8 Å². The molecule has 2 atom stereocenters. The normalized spacial score (nSPS) is 21.9. The highest BCUT2D eigenvalue weighted by molar-refractivity contribution is 9.09. The Morgan fingerprint density at radius 3 is 2.95 bits per heavy atom. The molecule has 1 aromatic heterocycles. The first-order valence-corrected chi connectivity index (χ1v) is 8.85. The molecule has 0 amide bonds. The maximum atomic E-state index is 4.59. The average Bonchev–Trinajstić information content (AvgIpc) is 2.77. The lowest BCUT2D eigenvalue weighted by atomic mass is 9.92. The van der Waals surface area contributed by atoms with Crippen molar-refractivity contribution in [2.75, 3.05) is 0 Å². The molecule has 2 unspecified atom stereocenters. The Hall–Kier alpha value is -1.09. The van der Waals surface area contributed by atoms with Crippen LogP contribution in [0.2, 0.25) is 0 Å². The molecule has 0 aliphatic heterocycles. The highest BCUT2D eigenvalue weighted by atomic mass is 79.9. The summed E-state index contributed by atoms with van der Waals surface area (Å²) in [5.74, 6) is 0.648. The fourth-order valence-corrected chi connectivity index (χ4v) is 4.40. The Bertz CT molecular complexity index is 617. The van der Waals surface area contributed by atoms with Gasteiger partial charge in [0.15, 0.2) is 0 Å². The molecule has 112 valence electrons. The van der Waals surface area contributed by atoms with Gasteiger partial charge < -0.3 is 0 Å². The van der Waals surface area contributed by atoms with Crippen molar-refractivity contribution in [1.82, 2.24) is 9.78 Å². The van der Waals surface area contributed by atoms with Gasteiger partial charge in [0.25, 0.3) is 0 Å². The van der Waals surface area contributed by atoms with Crippen LogP contribution in [-0.2, 0) is 19.4 Å². The highest BCUT2D eigenvalue weighted by Gasteiger charge is 2.26. The number of nitrogens with zero attached hydrogens (tertiary/aromatic N) is 2. The predicted octanol–water partition coefficient (Wildman–Crippen LogP) is 4.84. The molecular formula is C18H23BrN2. The van der Waals surface area contributed by atoms with Gasteiger partial charge in [-0.3, -0.25) is 4.68 Å². The molecule has 2 aromatic rings. The number of hydrogen-bond acceptors (Lipinski definition) is 1. The third-order valence-corrected chi connectivity index (χ3v) is 5.78. The molecular weight excluding hydrogens is 324 g/mol. The van der Waals surface area contributed by atoms with E-state index < -0.39 is 0 Å². The molecule has 3 rings (SSSR count). The van der Waals surface area contributed by atoms with Crippen molar-refractivity contribution in [1.29, 1.82) is 0 Å². The van der Waals surface area contributed by atoms with Gasteiger partial charge >= 0.3 is 0 Å². The minimum atomic E-state index is 0.455. The van der Waals surface area contributed by atoms with E-state index in [9.17, 15) is 0 Å². The van der Waals surface area contributed by atoms with Crippen molar-refractivity contribution in [3.63, 3.8) is 0 Å². The number of aromatic nitrogens is 2. The molecule has 1 heterocycles. The molecule has 0 bridgehead atoms. The first kappa shape index (κ1) is 14.8. The SMILES string of the molecule is CCn1nc(C)cc1CC1CCCc2ccccc2C1Br. The topological polar surface area (TPSA) is 17.8 Å².